The van der Waals surface area contributed by atoms with Crippen LogP contribution >= 0.6 is 0 Å². The molecule has 2 N–H and O–H groups in total. The molecule has 0 radical (unpaired) electrons. The molecule has 3 aromatic rings. The molecule has 4 nitrogen and oxygen atoms in total. The molecule has 0 aliphatic rings. The summed E-state index contributed by atoms with van der Waals surface area (Å²) >= 11 is 0. The van der Waals surface area contributed by atoms with Crippen LogP contribution in [0.5, 0.6) is 0 Å². The maximum Gasteiger partial charge on any atom is 0.220 e. The Morgan fingerprint density at radius 3 is 2.73 bits per heavy atom. The number of aromatic amines is 1. The van der Waals surface area contributed by atoms with Gasteiger partial charge in [-0.15, -0.1) is 0 Å². The Labute approximate surface area is 155 Å². The Morgan fingerprint density at radius 2 is 1.96 bits per heavy atom. The molecule has 26 heavy (non-hydrogen) atoms. The molecular formula is C22H27N3O. The van der Waals surface area contributed by atoms with E-state index in [1.807, 2.05) is 24.3 Å². The summed E-state index contributed by atoms with van der Waals surface area (Å²) in [6.45, 7) is 5.04. The lowest BCUT2D eigenvalue weighted by Gasteiger charge is -2.18. The van der Waals surface area contributed by atoms with E-state index in [-0.39, 0.29) is 11.8 Å². The summed E-state index contributed by atoms with van der Waals surface area (Å²) in [6.07, 6.45) is 6.12. The highest BCUT2D eigenvalue weighted by Gasteiger charge is 2.20. The second kappa shape index (κ2) is 8.65. The third-order valence-corrected chi connectivity index (χ3v) is 4.68. The molecule has 0 aliphatic carbocycles. The Hall–Kier alpha value is -2.62. The van der Waals surface area contributed by atoms with Crippen LogP contribution in [0.2, 0.25) is 0 Å². The second-order valence-corrected chi connectivity index (χ2v) is 7.24. The number of hydrogen-bond donors (Lipinski definition) is 2. The maximum absolute atomic E-state index is 12.5. The Balaban J connectivity index is 1.63. The van der Waals surface area contributed by atoms with Crippen molar-refractivity contribution in [2.75, 3.05) is 6.54 Å². The standard InChI is InChI=1S/C22H27N3O/c1-16(2)13-17(20-15-25-21-9-4-3-8-19(20)21)14-22(26)24-12-10-18-7-5-6-11-23-18/h3-9,11,15-17,25H,10,12-14H2,1-2H3,(H,24,26)/t17-/m1/s1. The number of para-hydroxylation sites is 1. The van der Waals surface area contributed by atoms with Crippen molar-refractivity contribution in [2.45, 2.75) is 39.0 Å². The van der Waals surface area contributed by atoms with Gasteiger partial charge in [0.1, 0.15) is 0 Å². The van der Waals surface area contributed by atoms with Crippen LogP contribution in [0.1, 0.15) is 43.9 Å². The van der Waals surface area contributed by atoms with E-state index in [4.69, 9.17) is 0 Å². The van der Waals surface area contributed by atoms with E-state index in [2.05, 4.69) is 53.5 Å². The van der Waals surface area contributed by atoms with Gasteiger partial charge in [0.2, 0.25) is 5.91 Å². The van der Waals surface area contributed by atoms with Gasteiger partial charge in [-0.25, -0.2) is 0 Å². The summed E-state index contributed by atoms with van der Waals surface area (Å²) < 4.78 is 0. The van der Waals surface area contributed by atoms with Crippen molar-refractivity contribution in [1.82, 2.24) is 15.3 Å². The average Bonchev–Trinajstić information content (AvgIpc) is 3.06. The van der Waals surface area contributed by atoms with Crippen molar-refractivity contribution in [3.8, 4) is 0 Å². The molecule has 2 aromatic heterocycles. The first kappa shape index (κ1) is 18.2. The van der Waals surface area contributed by atoms with Crippen LogP contribution in [0.25, 0.3) is 10.9 Å². The highest BCUT2D eigenvalue weighted by atomic mass is 16.1. The summed E-state index contributed by atoms with van der Waals surface area (Å²) in [5, 5.41) is 4.28. The lowest BCUT2D eigenvalue weighted by Crippen LogP contribution is -2.27. The monoisotopic (exact) mass is 349 g/mol. The molecule has 0 fully saturated rings. The lowest BCUT2D eigenvalue weighted by atomic mass is 9.87. The van der Waals surface area contributed by atoms with Crippen molar-refractivity contribution in [2.24, 2.45) is 5.92 Å². The van der Waals surface area contributed by atoms with E-state index in [0.717, 1.165) is 24.1 Å². The minimum Gasteiger partial charge on any atom is -0.361 e. The number of nitrogens with one attached hydrogen (secondary N) is 2. The Kier molecular flexibility index (Phi) is 6.05. The number of fused-ring (bicyclic) bond motifs is 1. The van der Waals surface area contributed by atoms with E-state index < -0.39 is 0 Å². The fourth-order valence-electron chi connectivity index (χ4n) is 3.49. The summed E-state index contributed by atoms with van der Waals surface area (Å²) in [5.74, 6) is 0.868. The number of carbonyl (C=O) groups is 1. The van der Waals surface area contributed by atoms with Gasteiger partial charge in [0.15, 0.2) is 0 Å². The van der Waals surface area contributed by atoms with E-state index in [1.165, 1.54) is 10.9 Å². The number of carbonyl (C=O) groups excluding carboxylic acids is 1. The minimum atomic E-state index is 0.108. The fraction of sp³-hybridized carbons (Fsp3) is 0.364. The molecule has 4 heteroatoms. The van der Waals surface area contributed by atoms with E-state index in [0.29, 0.717) is 18.9 Å². The SMILES string of the molecule is CC(C)C[C@H](CC(=O)NCCc1ccccn1)c1c[nH]c2ccccc12. The summed E-state index contributed by atoms with van der Waals surface area (Å²) in [7, 11) is 0. The van der Waals surface area contributed by atoms with E-state index >= 15 is 0 Å². The first-order valence-corrected chi connectivity index (χ1v) is 9.36. The zero-order valence-electron chi connectivity index (χ0n) is 15.5. The van der Waals surface area contributed by atoms with Crippen molar-refractivity contribution >= 4 is 16.8 Å². The number of hydrogen-bond acceptors (Lipinski definition) is 2. The first-order chi connectivity index (χ1) is 12.6. The van der Waals surface area contributed by atoms with Crippen molar-refractivity contribution < 1.29 is 4.79 Å². The van der Waals surface area contributed by atoms with E-state index in [1.54, 1.807) is 6.20 Å². The number of rotatable bonds is 8. The van der Waals surface area contributed by atoms with Crippen molar-refractivity contribution in [1.29, 1.82) is 0 Å². The Bertz CT molecular complexity index is 839. The molecule has 0 spiro atoms. The molecule has 2 heterocycles. The topological polar surface area (TPSA) is 57.8 Å². The number of amides is 1. The zero-order chi connectivity index (χ0) is 18.4. The van der Waals surface area contributed by atoms with Crippen molar-refractivity contribution in [3.05, 3.63) is 66.1 Å². The van der Waals surface area contributed by atoms with Crippen LogP contribution in [0.3, 0.4) is 0 Å². The maximum atomic E-state index is 12.5. The van der Waals surface area contributed by atoms with E-state index in [9.17, 15) is 4.79 Å². The zero-order valence-corrected chi connectivity index (χ0v) is 15.5. The fourth-order valence-corrected chi connectivity index (χ4v) is 3.49. The first-order valence-electron chi connectivity index (χ1n) is 9.36. The molecule has 136 valence electrons. The number of aromatic nitrogens is 2. The number of nitrogens with zero attached hydrogens (tertiary/aromatic N) is 1. The van der Waals surface area contributed by atoms with Crippen LogP contribution in [0.4, 0.5) is 0 Å². The van der Waals surface area contributed by atoms with Gasteiger partial charge in [-0.2, -0.15) is 0 Å². The molecule has 1 amide bonds. The Morgan fingerprint density at radius 1 is 1.15 bits per heavy atom. The van der Waals surface area contributed by atoms with Gasteiger partial charge >= 0.3 is 0 Å². The third-order valence-electron chi connectivity index (χ3n) is 4.68. The third kappa shape index (κ3) is 4.72. The smallest absolute Gasteiger partial charge is 0.220 e. The van der Waals surface area contributed by atoms with Crippen LogP contribution in [0, 0.1) is 5.92 Å². The van der Waals surface area contributed by atoms with Crippen LogP contribution < -0.4 is 5.32 Å². The normalized spacial score (nSPS) is 12.4. The molecule has 0 saturated heterocycles. The van der Waals surface area contributed by atoms with Crippen molar-refractivity contribution in [3.63, 3.8) is 0 Å². The van der Waals surface area contributed by atoms with Crippen LogP contribution in [0.15, 0.2) is 54.9 Å². The van der Waals surface area contributed by atoms with Crippen LogP contribution in [-0.4, -0.2) is 22.4 Å². The minimum absolute atomic E-state index is 0.108. The highest BCUT2D eigenvalue weighted by molar-refractivity contribution is 5.85. The quantitative estimate of drug-likeness (QED) is 0.631. The molecular weight excluding hydrogens is 322 g/mol. The van der Waals surface area contributed by atoms with Gasteiger partial charge in [0.05, 0.1) is 0 Å². The van der Waals surface area contributed by atoms with Gasteiger partial charge in [-0.3, -0.25) is 9.78 Å². The summed E-state index contributed by atoms with van der Waals surface area (Å²) in [5.41, 5.74) is 3.38. The average molecular weight is 349 g/mol. The molecule has 0 saturated carbocycles. The molecule has 0 unspecified atom stereocenters. The largest absolute Gasteiger partial charge is 0.361 e. The molecule has 0 aliphatic heterocycles. The molecule has 1 atom stereocenters. The summed E-state index contributed by atoms with van der Waals surface area (Å²) in [4.78, 5) is 20.1. The molecule has 1 aromatic carbocycles. The predicted octanol–water partition coefficient (Wildman–Crippen LogP) is 4.44. The summed E-state index contributed by atoms with van der Waals surface area (Å²) in [6, 6.07) is 14.2. The second-order valence-electron chi connectivity index (χ2n) is 7.24. The van der Waals surface area contributed by atoms with Gasteiger partial charge in [-0.05, 0) is 42.0 Å². The van der Waals surface area contributed by atoms with Gasteiger partial charge in [0.25, 0.3) is 0 Å². The number of pyridine rings is 1. The highest BCUT2D eigenvalue weighted by Crippen LogP contribution is 2.32. The number of H-pyrrole nitrogens is 1. The number of benzene rings is 1. The predicted molar refractivity (Wildman–Crippen MR) is 106 cm³/mol. The molecule has 0 bridgehead atoms. The van der Waals surface area contributed by atoms with Gasteiger partial charge in [-0.1, -0.05) is 38.1 Å². The molecule has 3 rings (SSSR count). The van der Waals surface area contributed by atoms with Crippen LogP contribution in [-0.2, 0) is 11.2 Å². The lowest BCUT2D eigenvalue weighted by molar-refractivity contribution is -0.121. The van der Waals surface area contributed by atoms with Gasteiger partial charge < -0.3 is 10.3 Å². The van der Waals surface area contributed by atoms with Gasteiger partial charge in [0, 0.05) is 48.4 Å².